The molecule has 0 fully saturated rings. The van der Waals surface area contributed by atoms with E-state index in [1.807, 2.05) is 11.8 Å². The molecule has 0 bridgehead atoms. The summed E-state index contributed by atoms with van der Waals surface area (Å²) in [4.78, 5) is 1.33. The van der Waals surface area contributed by atoms with Crippen LogP contribution in [0.3, 0.4) is 0 Å². The fraction of sp³-hybridized carbons (Fsp3) is 0.429. The Hall–Kier alpha value is -1.55. The van der Waals surface area contributed by atoms with Crippen LogP contribution < -0.4 is 0 Å². The molecule has 0 radical (unpaired) electrons. The molecule has 1 aliphatic rings. The third kappa shape index (κ3) is 5.63. The Labute approximate surface area is 195 Å². The van der Waals surface area contributed by atoms with Crippen molar-refractivity contribution in [3.63, 3.8) is 0 Å². The molecule has 0 saturated carbocycles. The van der Waals surface area contributed by atoms with Gasteiger partial charge >= 0.3 is 0 Å². The van der Waals surface area contributed by atoms with E-state index in [-0.39, 0.29) is 5.04 Å². The zero-order valence-electron chi connectivity index (χ0n) is 20.3. The van der Waals surface area contributed by atoms with E-state index in [1.165, 1.54) is 38.3 Å². The van der Waals surface area contributed by atoms with Gasteiger partial charge in [-0.15, -0.1) is 11.8 Å². The van der Waals surface area contributed by atoms with Crippen LogP contribution in [0.2, 0.25) is 18.1 Å². The lowest BCUT2D eigenvalue weighted by Gasteiger charge is -2.36. The fourth-order valence-corrected chi connectivity index (χ4v) is 5.30. The number of benzene rings is 2. The normalized spacial score (nSPS) is 15.3. The zero-order valence-corrected chi connectivity index (χ0v) is 22.2. The highest BCUT2D eigenvalue weighted by Gasteiger charge is 2.36. The molecule has 3 rings (SSSR count). The molecule has 0 heterocycles. The standard InChI is InChI=1S/C28H38OSSi/c1-8-11-23-18-24-19-25(30-5)14-15-26(24)27(23)20-22-13-10-9-12-21(22)16-17-29-31(6,7)28(2,3)4/h9-10,12-15,18-20H,8,11,16-17H2,1-7H3. The second-order valence-electron chi connectivity index (χ2n) is 9.99. The van der Waals surface area contributed by atoms with Crippen molar-refractivity contribution >= 4 is 37.8 Å². The van der Waals surface area contributed by atoms with Gasteiger partial charge in [0.1, 0.15) is 0 Å². The van der Waals surface area contributed by atoms with Gasteiger partial charge in [0, 0.05) is 11.5 Å². The van der Waals surface area contributed by atoms with E-state index >= 15 is 0 Å². The van der Waals surface area contributed by atoms with Gasteiger partial charge in [0.05, 0.1) is 0 Å². The lowest BCUT2D eigenvalue weighted by molar-refractivity contribution is 0.292. The number of hydrogen-bond acceptors (Lipinski definition) is 2. The van der Waals surface area contributed by atoms with E-state index in [0.29, 0.717) is 0 Å². The van der Waals surface area contributed by atoms with Crippen LogP contribution in [-0.2, 0) is 10.8 Å². The van der Waals surface area contributed by atoms with E-state index in [2.05, 4.69) is 102 Å². The molecule has 0 aliphatic heterocycles. The summed E-state index contributed by atoms with van der Waals surface area (Å²) < 4.78 is 6.47. The maximum atomic E-state index is 6.47. The van der Waals surface area contributed by atoms with Crippen LogP contribution in [0.5, 0.6) is 0 Å². The molecule has 0 spiro atoms. The van der Waals surface area contributed by atoms with Crippen LogP contribution in [0.1, 0.15) is 62.8 Å². The number of hydrogen-bond donors (Lipinski definition) is 0. The van der Waals surface area contributed by atoms with Gasteiger partial charge in [0.2, 0.25) is 0 Å². The number of fused-ring (bicyclic) bond motifs is 1. The Morgan fingerprint density at radius 2 is 1.77 bits per heavy atom. The first-order valence-electron chi connectivity index (χ1n) is 11.5. The summed E-state index contributed by atoms with van der Waals surface area (Å²) in [5.41, 5.74) is 8.28. The second kappa shape index (κ2) is 9.93. The largest absolute Gasteiger partial charge is 0.416 e. The molecule has 2 aromatic rings. The van der Waals surface area contributed by atoms with E-state index in [4.69, 9.17) is 4.43 Å². The average Bonchev–Trinajstić information content (AvgIpc) is 3.05. The first kappa shape index (κ1) is 24.1. The summed E-state index contributed by atoms with van der Waals surface area (Å²) in [6, 6.07) is 15.7. The zero-order chi connectivity index (χ0) is 22.6. The molecule has 1 nitrogen and oxygen atoms in total. The molecule has 0 N–H and O–H groups in total. The minimum absolute atomic E-state index is 0.248. The quantitative estimate of drug-likeness (QED) is 0.294. The maximum Gasteiger partial charge on any atom is 0.191 e. The summed E-state index contributed by atoms with van der Waals surface area (Å²) in [6.45, 7) is 14.6. The molecular formula is C28H38OSSi. The first-order chi connectivity index (χ1) is 14.7. The summed E-state index contributed by atoms with van der Waals surface area (Å²) >= 11 is 1.81. The number of rotatable bonds is 8. The minimum atomic E-state index is -1.72. The van der Waals surface area contributed by atoms with E-state index in [9.17, 15) is 0 Å². The lowest BCUT2D eigenvalue weighted by atomic mass is 9.95. The molecule has 0 amide bonds. The molecule has 0 unspecified atom stereocenters. The Morgan fingerprint density at radius 1 is 1.03 bits per heavy atom. The van der Waals surface area contributed by atoms with Crippen molar-refractivity contribution in [3.8, 4) is 0 Å². The second-order valence-corrected chi connectivity index (χ2v) is 15.7. The molecule has 0 atom stereocenters. The van der Waals surface area contributed by atoms with Crippen LogP contribution in [0.15, 0.2) is 52.9 Å². The summed E-state index contributed by atoms with van der Waals surface area (Å²) in [7, 11) is -1.72. The molecule has 1 aliphatic carbocycles. The SMILES string of the molecule is CCCC1=Cc2cc(SC)ccc2C1=Cc1ccccc1CCO[Si](C)(C)C(C)(C)C. The summed E-state index contributed by atoms with van der Waals surface area (Å²) in [6.07, 6.45) is 10.2. The molecule has 31 heavy (non-hydrogen) atoms. The van der Waals surface area contributed by atoms with Crippen molar-refractivity contribution in [2.75, 3.05) is 12.9 Å². The van der Waals surface area contributed by atoms with E-state index < -0.39 is 8.32 Å². The van der Waals surface area contributed by atoms with Gasteiger partial charge in [-0.1, -0.05) is 70.5 Å². The fourth-order valence-electron chi connectivity index (χ4n) is 3.81. The van der Waals surface area contributed by atoms with Crippen LogP contribution in [0.25, 0.3) is 17.7 Å². The monoisotopic (exact) mass is 450 g/mol. The molecule has 166 valence electrons. The van der Waals surface area contributed by atoms with Crippen molar-refractivity contribution < 1.29 is 4.43 Å². The third-order valence-electron chi connectivity index (χ3n) is 6.74. The predicted octanol–water partition coefficient (Wildman–Crippen LogP) is 8.71. The Kier molecular flexibility index (Phi) is 7.72. The smallest absolute Gasteiger partial charge is 0.191 e. The molecule has 2 aromatic carbocycles. The highest BCUT2D eigenvalue weighted by Crippen LogP contribution is 2.41. The van der Waals surface area contributed by atoms with Gasteiger partial charge in [-0.25, -0.2) is 0 Å². The van der Waals surface area contributed by atoms with Gasteiger partial charge in [0.25, 0.3) is 0 Å². The summed E-state index contributed by atoms with van der Waals surface area (Å²) in [5, 5.41) is 0.248. The average molecular weight is 451 g/mol. The van der Waals surface area contributed by atoms with Crippen molar-refractivity contribution in [1.82, 2.24) is 0 Å². The van der Waals surface area contributed by atoms with E-state index in [0.717, 1.165) is 25.9 Å². The highest BCUT2D eigenvalue weighted by molar-refractivity contribution is 7.98. The van der Waals surface area contributed by atoms with Crippen LogP contribution in [0.4, 0.5) is 0 Å². The highest BCUT2D eigenvalue weighted by atomic mass is 32.2. The Balaban J connectivity index is 1.88. The minimum Gasteiger partial charge on any atom is -0.416 e. The van der Waals surface area contributed by atoms with Crippen LogP contribution >= 0.6 is 11.8 Å². The molecular weight excluding hydrogens is 412 g/mol. The van der Waals surface area contributed by atoms with Crippen molar-refractivity contribution in [1.29, 1.82) is 0 Å². The van der Waals surface area contributed by atoms with Crippen molar-refractivity contribution in [3.05, 3.63) is 70.3 Å². The van der Waals surface area contributed by atoms with Crippen LogP contribution in [-0.4, -0.2) is 21.2 Å². The summed E-state index contributed by atoms with van der Waals surface area (Å²) in [5.74, 6) is 0. The lowest BCUT2D eigenvalue weighted by Crippen LogP contribution is -2.41. The third-order valence-corrected chi connectivity index (χ3v) is 12.0. The topological polar surface area (TPSA) is 9.23 Å². The van der Waals surface area contributed by atoms with Gasteiger partial charge < -0.3 is 4.43 Å². The van der Waals surface area contributed by atoms with Crippen molar-refractivity contribution in [2.24, 2.45) is 0 Å². The van der Waals surface area contributed by atoms with Crippen molar-refractivity contribution in [2.45, 2.75) is 70.0 Å². The Bertz CT molecular complexity index is 979. The molecule has 0 saturated heterocycles. The van der Waals surface area contributed by atoms with Gasteiger partial charge in [0.15, 0.2) is 8.32 Å². The van der Waals surface area contributed by atoms with Crippen LogP contribution in [0, 0.1) is 0 Å². The molecule has 0 aromatic heterocycles. The van der Waals surface area contributed by atoms with E-state index in [1.54, 1.807) is 0 Å². The first-order valence-corrected chi connectivity index (χ1v) is 15.6. The van der Waals surface area contributed by atoms with Gasteiger partial charge in [-0.3, -0.25) is 0 Å². The number of thioether (sulfide) groups is 1. The molecule has 3 heteroatoms. The Morgan fingerprint density at radius 3 is 2.45 bits per heavy atom. The predicted molar refractivity (Wildman–Crippen MR) is 142 cm³/mol. The number of allylic oxidation sites excluding steroid dienone is 2. The van der Waals surface area contributed by atoms with Gasteiger partial charge in [-0.05, 0) is 88.8 Å². The maximum absolute atomic E-state index is 6.47. The van der Waals surface area contributed by atoms with Gasteiger partial charge in [-0.2, -0.15) is 0 Å².